The van der Waals surface area contributed by atoms with Gasteiger partial charge in [-0.2, -0.15) is 0 Å². The smallest absolute Gasteiger partial charge is 0.282 e. The summed E-state index contributed by atoms with van der Waals surface area (Å²) in [5.74, 6) is 0.310. The molecule has 3 heterocycles. The zero-order valence-corrected chi connectivity index (χ0v) is 18.3. The van der Waals surface area contributed by atoms with Crippen LogP contribution in [0.5, 0.6) is 5.75 Å². The number of nitrogens with one attached hydrogen (secondary N) is 1. The predicted octanol–water partition coefficient (Wildman–Crippen LogP) is 2.76. The van der Waals surface area contributed by atoms with E-state index < -0.39 is 0 Å². The highest BCUT2D eigenvalue weighted by atomic mass is 35.5. The van der Waals surface area contributed by atoms with Crippen molar-refractivity contribution in [2.45, 2.75) is 30.6 Å². The van der Waals surface area contributed by atoms with E-state index in [2.05, 4.69) is 20.3 Å². The van der Waals surface area contributed by atoms with Crippen LogP contribution < -0.4 is 15.6 Å². The van der Waals surface area contributed by atoms with Crippen molar-refractivity contribution in [3.63, 3.8) is 0 Å². The number of thioether (sulfide) groups is 1. The van der Waals surface area contributed by atoms with Crippen LogP contribution in [0.25, 0.3) is 11.2 Å². The van der Waals surface area contributed by atoms with Gasteiger partial charge in [0.1, 0.15) is 5.75 Å². The van der Waals surface area contributed by atoms with Crippen molar-refractivity contribution < 1.29 is 14.3 Å². The highest BCUT2D eigenvalue weighted by molar-refractivity contribution is 7.99. The van der Waals surface area contributed by atoms with E-state index in [0.717, 1.165) is 24.6 Å². The van der Waals surface area contributed by atoms with Gasteiger partial charge in [-0.25, -0.2) is 15.0 Å². The third-order valence-electron chi connectivity index (χ3n) is 4.74. The molecule has 31 heavy (non-hydrogen) atoms. The summed E-state index contributed by atoms with van der Waals surface area (Å²) in [6.45, 7) is 1.03. The van der Waals surface area contributed by atoms with E-state index in [9.17, 15) is 9.59 Å². The Kier molecular flexibility index (Phi) is 6.69. The van der Waals surface area contributed by atoms with E-state index in [0.29, 0.717) is 34.8 Å². The molecule has 162 valence electrons. The van der Waals surface area contributed by atoms with Crippen LogP contribution in [0.2, 0.25) is 5.02 Å². The Labute approximate surface area is 187 Å². The van der Waals surface area contributed by atoms with Crippen LogP contribution >= 0.6 is 23.4 Å². The van der Waals surface area contributed by atoms with Crippen molar-refractivity contribution in [1.82, 2.24) is 19.5 Å². The quantitative estimate of drug-likeness (QED) is 0.422. The molecule has 0 radical (unpaired) electrons. The summed E-state index contributed by atoms with van der Waals surface area (Å²) in [5, 5.41) is 3.58. The number of rotatable bonds is 7. The number of nitrogens with zero attached hydrogens (tertiary/aromatic N) is 4. The monoisotopic (exact) mass is 461 g/mol. The molecule has 1 aromatic carbocycles. The van der Waals surface area contributed by atoms with Gasteiger partial charge in [-0.3, -0.25) is 14.2 Å². The molecule has 1 saturated heterocycles. The fraction of sp³-hybridized carbons (Fsp3) is 0.350. The van der Waals surface area contributed by atoms with E-state index in [1.165, 1.54) is 24.1 Å². The number of ether oxygens (including phenoxy) is 2. The van der Waals surface area contributed by atoms with Crippen molar-refractivity contribution in [1.29, 1.82) is 0 Å². The third-order valence-corrected chi connectivity index (χ3v) is 6.01. The van der Waals surface area contributed by atoms with Gasteiger partial charge in [0.15, 0.2) is 16.3 Å². The molecule has 0 unspecified atom stereocenters. The Morgan fingerprint density at radius 3 is 2.97 bits per heavy atom. The number of hydrogen-bond acceptors (Lipinski definition) is 8. The number of benzene rings is 1. The summed E-state index contributed by atoms with van der Waals surface area (Å²) >= 11 is 7.26. The lowest BCUT2D eigenvalue weighted by Gasteiger charge is -2.16. The first-order valence-corrected chi connectivity index (χ1v) is 11.0. The number of hydrogen-bond donors (Lipinski definition) is 1. The number of methoxy groups -OCH3 is 1. The first-order chi connectivity index (χ1) is 15.0. The topological polar surface area (TPSA) is 108 Å². The molecule has 0 spiro atoms. The minimum absolute atomic E-state index is 0.0490. The van der Waals surface area contributed by atoms with Gasteiger partial charge in [-0.05, 0) is 31.0 Å². The van der Waals surface area contributed by atoms with E-state index >= 15 is 0 Å². The summed E-state index contributed by atoms with van der Waals surface area (Å²) in [5.41, 5.74) is 0.701. The van der Waals surface area contributed by atoms with Gasteiger partial charge in [0.05, 0.1) is 30.5 Å². The normalized spacial score (nSPS) is 15.9. The van der Waals surface area contributed by atoms with Gasteiger partial charge in [-0.15, -0.1) is 0 Å². The van der Waals surface area contributed by atoms with E-state index in [1.54, 1.807) is 18.2 Å². The number of carbonyl (C=O) groups is 1. The van der Waals surface area contributed by atoms with Crippen LogP contribution in [-0.2, 0) is 16.1 Å². The minimum Gasteiger partial charge on any atom is -0.495 e. The number of amides is 1. The molecule has 1 aliphatic rings. The Morgan fingerprint density at radius 1 is 1.39 bits per heavy atom. The number of halogens is 1. The second-order valence-corrected chi connectivity index (χ2v) is 8.21. The molecule has 3 aromatic rings. The molecule has 2 aromatic heterocycles. The minimum atomic E-state index is -0.293. The predicted molar refractivity (Wildman–Crippen MR) is 118 cm³/mol. The van der Waals surface area contributed by atoms with Crippen LogP contribution in [0.4, 0.5) is 5.69 Å². The number of anilines is 1. The van der Waals surface area contributed by atoms with Crippen LogP contribution in [0.15, 0.2) is 40.5 Å². The molecular weight excluding hydrogens is 442 g/mol. The molecule has 1 fully saturated rings. The molecular formula is C20H20ClN5O4S. The molecule has 1 aliphatic heterocycles. The standard InChI is InChI=1S/C20H20ClN5O4S/c1-29-15-5-4-12(9-14(15)21)24-16(27)11-31-20-25-18-17(22-6-7-23-18)19(28)26(20)10-13-3-2-8-30-13/h4-7,9,13H,2-3,8,10-11H2,1H3,(H,24,27)/t13-/m0/s1. The van der Waals surface area contributed by atoms with Gasteiger partial charge >= 0.3 is 0 Å². The zero-order chi connectivity index (χ0) is 21.8. The Bertz CT molecular complexity index is 1170. The van der Waals surface area contributed by atoms with Gasteiger partial charge in [0.2, 0.25) is 5.91 Å². The molecule has 1 amide bonds. The van der Waals surface area contributed by atoms with Crippen LogP contribution in [0, 0.1) is 0 Å². The molecule has 0 aliphatic carbocycles. The largest absolute Gasteiger partial charge is 0.495 e. The van der Waals surface area contributed by atoms with E-state index in [-0.39, 0.29) is 34.5 Å². The number of aromatic nitrogens is 4. The maximum atomic E-state index is 13.0. The van der Waals surface area contributed by atoms with Gasteiger partial charge in [0, 0.05) is 24.7 Å². The second kappa shape index (κ2) is 9.63. The molecule has 0 saturated carbocycles. The van der Waals surface area contributed by atoms with Crippen molar-refractivity contribution >= 4 is 46.1 Å². The lowest BCUT2D eigenvalue weighted by molar-refractivity contribution is -0.113. The zero-order valence-electron chi connectivity index (χ0n) is 16.7. The number of carbonyl (C=O) groups excluding carboxylic acids is 1. The highest BCUT2D eigenvalue weighted by Crippen LogP contribution is 2.27. The summed E-state index contributed by atoms with van der Waals surface area (Å²) < 4.78 is 12.3. The van der Waals surface area contributed by atoms with Gasteiger partial charge in [0.25, 0.3) is 5.56 Å². The summed E-state index contributed by atoms with van der Waals surface area (Å²) in [6, 6.07) is 4.98. The average Bonchev–Trinajstić information content (AvgIpc) is 3.28. The molecule has 0 bridgehead atoms. The molecule has 4 rings (SSSR count). The summed E-state index contributed by atoms with van der Waals surface area (Å²) in [4.78, 5) is 38.2. The lowest BCUT2D eigenvalue weighted by atomic mass is 10.2. The maximum absolute atomic E-state index is 13.0. The average molecular weight is 462 g/mol. The Balaban J connectivity index is 1.53. The van der Waals surface area contributed by atoms with Crippen molar-refractivity contribution in [2.75, 3.05) is 24.8 Å². The maximum Gasteiger partial charge on any atom is 0.282 e. The molecule has 1 N–H and O–H groups in total. The first-order valence-electron chi connectivity index (χ1n) is 9.64. The summed E-state index contributed by atoms with van der Waals surface area (Å²) in [7, 11) is 1.52. The van der Waals surface area contributed by atoms with Crippen molar-refractivity contribution in [2.24, 2.45) is 0 Å². The second-order valence-electron chi connectivity index (χ2n) is 6.86. The SMILES string of the molecule is COc1ccc(NC(=O)CSc2nc3nccnc3c(=O)n2C[C@@H]2CCCO2)cc1Cl. The number of fused-ring (bicyclic) bond motifs is 1. The summed E-state index contributed by atoms with van der Waals surface area (Å²) in [6.07, 6.45) is 4.70. The van der Waals surface area contributed by atoms with Gasteiger partial charge in [-0.1, -0.05) is 23.4 Å². The van der Waals surface area contributed by atoms with E-state index in [4.69, 9.17) is 21.1 Å². The first kappa shape index (κ1) is 21.5. The fourth-order valence-corrected chi connectivity index (χ4v) is 4.32. The Hall–Kier alpha value is -2.69. The fourth-order valence-electron chi connectivity index (χ4n) is 3.26. The van der Waals surface area contributed by atoms with Crippen molar-refractivity contribution in [3.05, 3.63) is 46.0 Å². The van der Waals surface area contributed by atoms with Crippen LogP contribution in [0.1, 0.15) is 12.8 Å². The highest BCUT2D eigenvalue weighted by Gasteiger charge is 2.21. The van der Waals surface area contributed by atoms with Gasteiger partial charge < -0.3 is 14.8 Å². The van der Waals surface area contributed by atoms with Crippen molar-refractivity contribution in [3.8, 4) is 5.75 Å². The molecule has 9 nitrogen and oxygen atoms in total. The van der Waals surface area contributed by atoms with Crippen LogP contribution in [-0.4, -0.2) is 51.0 Å². The third kappa shape index (κ3) is 4.97. The van der Waals surface area contributed by atoms with E-state index in [1.807, 2.05) is 0 Å². The molecule has 1 atom stereocenters. The molecule has 11 heteroatoms. The van der Waals surface area contributed by atoms with Crippen LogP contribution in [0.3, 0.4) is 0 Å². The lowest BCUT2D eigenvalue weighted by Crippen LogP contribution is -2.30. The Morgan fingerprint density at radius 2 is 2.23 bits per heavy atom.